The quantitative estimate of drug-likeness (QED) is 0.826. The monoisotopic (exact) mass is 238 g/mol. The molecule has 90 valence electrons. The van der Waals surface area contributed by atoms with Crippen molar-refractivity contribution < 1.29 is 19.1 Å². The van der Waals surface area contributed by atoms with Crippen LogP contribution >= 0.6 is 0 Å². The van der Waals surface area contributed by atoms with Gasteiger partial charge in [0, 0.05) is 19.3 Å². The summed E-state index contributed by atoms with van der Waals surface area (Å²) in [6.45, 7) is 0.480. The molecule has 1 saturated heterocycles. The molecule has 1 unspecified atom stereocenters. The number of carboxylic acid groups (broad SMARTS) is 1. The number of likely N-dealkylation sites (tertiary alicyclic amines) is 1. The lowest BCUT2D eigenvalue weighted by Crippen LogP contribution is -2.30. The smallest absolute Gasteiger partial charge is 0.308 e. The van der Waals surface area contributed by atoms with Gasteiger partial charge in [0.1, 0.15) is 0 Å². The highest BCUT2D eigenvalue weighted by molar-refractivity contribution is 5.94. The van der Waals surface area contributed by atoms with E-state index in [1.165, 1.54) is 17.2 Å². The van der Waals surface area contributed by atoms with Crippen LogP contribution in [0.25, 0.3) is 0 Å². The number of aliphatic carboxylic acids is 1. The Bertz CT molecular complexity index is 464. The highest BCUT2D eigenvalue weighted by Gasteiger charge is 2.32. The number of rotatable bonds is 2. The fraction of sp³-hybridized carbons (Fsp3) is 0.364. The predicted molar refractivity (Wildman–Crippen MR) is 55.8 cm³/mol. The first-order valence-electron chi connectivity index (χ1n) is 5.21. The second kappa shape index (κ2) is 4.48. The second-order valence-electron chi connectivity index (χ2n) is 3.93. The van der Waals surface area contributed by atoms with E-state index in [2.05, 4.69) is 4.98 Å². The Labute approximate surface area is 96.9 Å². The van der Waals surface area contributed by atoms with E-state index >= 15 is 0 Å². The summed E-state index contributed by atoms with van der Waals surface area (Å²) in [6.07, 6.45) is 2.72. The van der Waals surface area contributed by atoms with Crippen LogP contribution in [0.1, 0.15) is 16.8 Å². The standard InChI is InChI=1S/C11H11FN2O3/c12-9-5-13-3-1-8(9)10(15)14-4-2-7(6-14)11(16)17/h1,3,5,7H,2,4,6H2,(H,16,17). The molecule has 1 atom stereocenters. The molecule has 1 amide bonds. The SMILES string of the molecule is O=C(O)C1CCN(C(=O)c2ccncc2F)C1. The third-order valence-electron chi connectivity index (χ3n) is 2.83. The molecule has 2 rings (SSSR count). The minimum atomic E-state index is -0.921. The fourth-order valence-electron chi connectivity index (χ4n) is 1.87. The number of halogens is 1. The van der Waals surface area contributed by atoms with E-state index in [1.54, 1.807) is 0 Å². The largest absolute Gasteiger partial charge is 0.481 e. The molecular formula is C11H11FN2O3. The van der Waals surface area contributed by atoms with Gasteiger partial charge in [-0.15, -0.1) is 0 Å². The van der Waals surface area contributed by atoms with Gasteiger partial charge in [0.2, 0.25) is 0 Å². The topological polar surface area (TPSA) is 70.5 Å². The fourth-order valence-corrected chi connectivity index (χ4v) is 1.87. The van der Waals surface area contributed by atoms with Crippen LogP contribution in [0.3, 0.4) is 0 Å². The Kier molecular flexibility index (Phi) is 3.03. The van der Waals surface area contributed by atoms with Crippen molar-refractivity contribution in [2.24, 2.45) is 5.92 Å². The van der Waals surface area contributed by atoms with E-state index in [4.69, 9.17) is 5.11 Å². The third kappa shape index (κ3) is 2.25. The lowest BCUT2D eigenvalue weighted by atomic mass is 10.1. The zero-order valence-corrected chi connectivity index (χ0v) is 8.97. The van der Waals surface area contributed by atoms with Crippen molar-refractivity contribution in [3.63, 3.8) is 0 Å². The summed E-state index contributed by atoms with van der Waals surface area (Å²) in [5, 5.41) is 8.82. The minimum absolute atomic E-state index is 0.0639. The zero-order chi connectivity index (χ0) is 12.4. The molecule has 6 heteroatoms. The van der Waals surface area contributed by atoms with Crippen molar-refractivity contribution >= 4 is 11.9 Å². The molecule has 0 radical (unpaired) electrons. The van der Waals surface area contributed by atoms with Gasteiger partial charge < -0.3 is 10.0 Å². The normalized spacial score (nSPS) is 19.4. The zero-order valence-electron chi connectivity index (χ0n) is 8.97. The maximum absolute atomic E-state index is 13.3. The van der Waals surface area contributed by atoms with Gasteiger partial charge in [0.15, 0.2) is 5.82 Å². The van der Waals surface area contributed by atoms with Crippen LogP contribution in [-0.4, -0.2) is 40.0 Å². The van der Waals surface area contributed by atoms with Gasteiger partial charge in [-0.1, -0.05) is 0 Å². The molecule has 1 aromatic rings. The van der Waals surface area contributed by atoms with Crippen LogP contribution in [0.2, 0.25) is 0 Å². The average Bonchev–Trinajstić information content (AvgIpc) is 2.78. The summed E-state index contributed by atoms with van der Waals surface area (Å²) in [7, 11) is 0. The van der Waals surface area contributed by atoms with Crippen molar-refractivity contribution in [2.75, 3.05) is 13.1 Å². The van der Waals surface area contributed by atoms with Crippen molar-refractivity contribution in [1.29, 1.82) is 0 Å². The molecule has 1 fully saturated rings. The van der Waals surface area contributed by atoms with Crippen molar-refractivity contribution in [3.8, 4) is 0 Å². The van der Waals surface area contributed by atoms with Gasteiger partial charge in [-0.3, -0.25) is 14.6 Å². The number of pyridine rings is 1. The number of aromatic nitrogens is 1. The Morgan fingerprint density at radius 2 is 2.29 bits per heavy atom. The summed E-state index contributed by atoms with van der Waals surface area (Å²) in [4.78, 5) is 27.6. The lowest BCUT2D eigenvalue weighted by Gasteiger charge is -2.15. The summed E-state index contributed by atoms with van der Waals surface area (Å²) in [6, 6.07) is 1.30. The summed E-state index contributed by atoms with van der Waals surface area (Å²) in [5.41, 5.74) is -0.0639. The molecule has 17 heavy (non-hydrogen) atoms. The van der Waals surface area contributed by atoms with E-state index < -0.39 is 23.6 Å². The second-order valence-corrected chi connectivity index (χ2v) is 3.93. The Balaban J connectivity index is 2.13. The predicted octanol–water partition coefficient (Wildman–Crippen LogP) is 0.767. The molecule has 0 spiro atoms. The molecule has 1 aromatic heterocycles. The van der Waals surface area contributed by atoms with Crippen molar-refractivity contribution in [3.05, 3.63) is 29.8 Å². The molecule has 5 nitrogen and oxygen atoms in total. The first-order chi connectivity index (χ1) is 8.09. The molecule has 0 aromatic carbocycles. The van der Waals surface area contributed by atoms with Crippen LogP contribution < -0.4 is 0 Å². The van der Waals surface area contributed by atoms with Crippen LogP contribution in [-0.2, 0) is 4.79 Å². The van der Waals surface area contributed by atoms with E-state index in [0.29, 0.717) is 13.0 Å². The number of carbonyl (C=O) groups excluding carboxylic acids is 1. The lowest BCUT2D eigenvalue weighted by molar-refractivity contribution is -0.141. The molecule has 1 N–H and O–H groups in total. The van der Waals surface area contributed by atoms with Gasteiger partial charge >= 0.3 is 5.97 Å². The van der Waals surface area contributed by atoms with E-state index in [-0.39, 0.29) is 12.1 Å². The number of nitrogens with zero attached hydrogens (tertiary/aromatic N) is 2. The number of carbonyl (C=O) groups is 2. The molecule has 0 aliphatic carbocycles. The Morgan fingerprint density at radius 3 is 2.88 bits per heavy atom. The van der Waals surface area contributed by atoms with Crippen LogP contribution in [0.4, 0.5) is 4.39 Å². The van der Waals surface area contributed by atoms with E-state index in [1.807, 2.05) is 0 Å². The highest BCUT2D eigenvalue weighted by atomic mass is 19.1. The van der Waals surface area contributed by atoms with Crippen LogP contribution in [0.15, 0.2) is 18.5 Å². The first kappa shape index (κ1) is 11.5. The molecule has 1 aliphatic heterocycles. The molecule has 0 bridgehead atoms. The van der Waals surface area contributed by atoms with Gasteiger partial charge in [-0.2, -0.15) is 0 Å². The summed E-state index contributed by atoms with van der Waals surface area (Å²) in [5.74, 6) is -2.63. The van der Waals surface area contributed by atoms with Crippen molar-refractivity contribution in [2.45, 2.75) is 6.42 Å². The third-order valence-corrected chi connectivity index (χ3v) is 2.83. The molecule has 1 aliphatic rings. The van der Waals surface area contributed by atoms with Crippen molar-refractivity contribution in [1.82, 2.24) is 9.88 Å². The summed E-state index contributed by atoms with van der Waals surface area (Å²) < 4.78 is 13.3. The van der Waals surface area contributed by atoms with Gasteiger partial charge in [-0.25, -0.2) is 4.39 Å². The maximum atomic E-state index is 13.3. The molecule has 2 heterocycles. The van der Waals surface area contributed by atoms with Gasteiger partial charge in [0.25, 0.3) is 5.91 Å². The van der Waals surface area contributed by atoms with E-state index in [0.717, 1.165) is 6.20 Å². The van der Waals surface area contributed by atoms with E-state index in [9.17, 15) is 14.0 Å². The number of amides is 1. The first-order valence-corrected chi connectivity index (χ1v) is 5.21. The minimum Gasteiger partial charge on any atom is -0.481 e. The van der Waals surface area contributed by atoms with Gasteiger partial charge in [-0.05, 0) is 12.5 Å². The average molecular weight is 238 g/mol. The highest BCUT2D eigenvalue weighted by Crippen LogP contribution is 2.19. The Hall–Kier alpha value is -1.98. The Morgan fingerprint density at radius 1 is 1.53 bits per heavy atom. The number of carboxylic acids is 1. The van der Waals surface area contributed by atoms with Gasteiger partial charge in [0.05, 0.1) is 17.7 Å². The molecular weight excluding hydrogens is 227 g/mol. The maximum Gasteiger partial charge on any atom is 0.308 e. The summed E-state index contributed by atoms with van der Waals surface area (Å²) >= 11 is 0. The number of hydrogen-bond acceptors (Lipinski definition) is 3. The van der Waals surface area contributed by atoms with Crippen LogP contribution in [0, 0.1) is 11.7 Å². The van der Waals surface area contributed by atoms with Crippen LogP contribution in [0.5, 0.6) is 0 Å². The molecule has 0 saturated carbocycles. The number of hydrogen-bond donors (Lipinski definition) is 1.